The number of aromatic nitrogens is 1. The summed E-state index contributed by atoms with van der Waals surface area (Å²) in [6, 6.07) is 2.93. The summed E-state index contributed by atoms with van der Waals surface area (Å²) in [5.74, 6) is -0.212. The zero-order valence-electron chi connectivity index (χ0n) is 14.9. The number of amides is 3. The van der Waals surface area contributed by atoms with Crippen LogP contribution in [0.2, 0.25) is 0 Å². The number of hydrogen-bond donors (Lipinski definition) is 0. The van der Waals surface area contributed by atoms with Gasteiger partial charge in [0.25, 0.3) is 0 Å². The smallest absolute Gasteiger partial charge is 0.326 e. The molecule has 0 radical (unpaired) electrons. The highest BCUT2D eigenvalue weighted by molar-refractivity contribution is 6.06. The maximum Gasteiger partial charge on any atom is 0.326 e. The number of urea groups is 1. The van der Waals surface area contributed by atoms with Crippen LogP contribution in [0.3, 0.4) is 0 Å². The molecule has 1 aliphatic heterocycles. The van der Waals surface area contributed by atoms with E-state index in [1.807, 2.05) is 6.92 Å². The molecule has 1 aromatic rings. The van der Waals surface area contributed by atoms with Crippen LogP contribution >= 0.6 is 0 Å². The molecule has 2 heterocycles. The molecule has 0 N–H and O–H groups in total. The van der Waals surface area contributed by atoms with Crippen LogP contribution in [0.5, 0.6) is 0 Å². The normalized spacial score (nSPS) is 25.4. The van der Waals surface area contributed by atoms with Gasteiger partial charge in [0, 0.05) is 31.5 Å². The summed E-state index contributed by atoms with van der Waals surface area (Å²) in [5, 5.41) is 0. The first-order valence-electron chi connectivity index (χ1n) is 8.94. The Morgan fingerprint density at radius 3 is 2.64 bits per heavy atom. The van der Waals surface area contributed by atoms with Gasteiger partial charge < -0.3 is 4.90 Å². The third-order valence-electron chi connectivity index (χ3n) is 5.65. The van der Waals surface area contributed by atoms with E-state index in [9.17, 15) is 14.4 Å². The maximum atomic E-state index is 13.2. The summed E-state index contributed by atoms with van der Waals surface area (Å²) in [6.45, 7) is 2.15. The molecule has 3 amide bonds. The topological polar surface area (TPSA) is 70.6 Å². The summed E-state index contributed by atoms with van der Waals surface area (Å²) >= 11 is 0. The van der Waals surface area contributed by atoms with Crippen molar-refractivity contribution in [1.82, 2.24) is 14.8 Å². The number of nitrogens with zero attached hydrogens (tertiary/aromatic N) is 3. The molecule has 1 aliphatic carbocycles. The molecule has 1 unspecified atom stereocenters. The number of hydrogen-bond acceptors (Lipinski definition) is 4. The van der Waals surface area contributed by atoms with E-state index in [0.717, 1.165) is 30.6 Å². The Morgan fingerprint density at radius 1 is 1.28 bits per heavy atom. The molecule has 0 aromatic carbocycles. The number of carbonyl (C=O) groups is 3. The van der Waals surface area contributed by atoms with Crippen molar-refractivity contribution >= 4 is 17.7 Å². The van der Waals surface area contributed by atoms with E-state index in [4.69, 9.17) is 0 Å². The molecule has 134 valence electrons. The SMILES string of the molecule is CN1CC(C)(C2CCCCC2)C(=O)N(CC(=O)c2cccnc2)C1=O. The van der Waals surface area contributed by atoms with Crippen LogP contribution in [0.1, 0.15) is 49.4 Å². The number of imide groups is 1. The summed E-state index contributed by atoms with van der Waals surface area (Å²) in [5.41, 5.74) is -0.200. The number of carbonyl (C=O) groups excluding carboxylic acids is 3. The van der Waals surface area contributed by atoms with Crippen molar-refractivity contribution in [2.24, 2.45) is 11.3 Å². The molecule has 0 bridgehead atoms. The highest BCUT2D eigenvalue weighted by Crippen LogP contribution is 2.42. The molecule has 1 atom stereocenters. The standard InChI is InChI=1S/C19H25N3O3/c1-19(15-8-4-3-5-9-15)13-21(2)18(25)22(17(19)24)12-16(23)14-7-6-10-20-11-14/h6-7,10-11,15H,3-5,8-9,12-13H2,1-2H3. The van der Waals surface area contributed by atoms with Gasteiger partial charge in [-0.05, 0) is 37.8 Å². The number of Topliss-reactive ketones (excluding diaryl/α,β-unsaturated/α-hetero) is 1. The highest BCUT2D eigenvalue weighted by atomic mass is 16.2. The van der Waals surface area contributed by atoms with Crippen LogP contribution in [-0.4, -0.2) is 52.6 Å². The number of rotatable bonds is 4. The molecule has 6 heteroatoms. The second-order valence-electron chi connectivity index (χ2n) is 7.45. The quantitative estimate of drug-likeness (QED) is 0.788. The van der Waals surface area contributed by atoms with Gasteiger partial charge >= 0.3 is 6.03 Å². The molecule has 2 fully saturated rings. The van der Waals surface area contributed by atoms with E-state index >= 15 is 0 Å². The van der Waals surface area contributed by atoms with Crippen LogP contribution in [0, 0.1) is 11.3 Å². The van der Waals surface area contributed by atoms with Crippen molar-refractivity contribution in [2.45, 2.75) is 39.0 Å². The Hall–Kier alpha value is -2.24. The van der Waals surface area contributed by atoms with Crippen LogP contribution in [0.4, 0.5) is 4.79 Å². The fourth-order valence-electron chi connectivity index (χ4n) is 4.17. The van der Waals surface area contributed by atoms with Gasteiger partial charge in [-0.2, -0.15) is 0 Å². The van der Waals surface area contributed by atoms with E-state index in [-0.39, 0.29) is 24.2 Å². The van der Waals surface area contributed by atoms with Gasteiger partial charge in [-0.3, -0.25) is 19.5 Å². The summed E-state index contributed by atoms with van der Waals surface area (Å²) < 4.78 is 0. The lowest BCUT2D eigenvalue weighted by atomic mass is 9.68. The fourth-order valence-corrected chi connectivity index (χ4v) is 4.17. The van der Waals surface area contributed by atoms with Crippen LogP contribution in [0.15, 0.2) is 24.5 Å². The molecule has 25 heavy (non-hydrogen) atoms. The fraction of sp³-hybridized carbons (Fsp3) is 0.579. The first kappa shape index (κ1) is 17.6. The van der Waals surface area contributed by atoms with Gasteiger partial charge in [0.1, 0.15) is 0 Å². The molecule has 0 spiro atoms. The van der Waals surface area contributed by atoms with E-state index in [1.165, 1.54) is 12.6 Å². The molecule has 3 rings (SSSR count). The van der Waals surface area contributed by atoms with Crippen molar-refractivity contribution in [3.63, 3.8) is 0 Å². The summed E-state index contributed by atoms with van der Waals surface area (Å²) in [7, 11) is 1.71. The first-order valence-corrected chi connectivity index (χ1v) is 8.94. The molecule has 1 saturated carbocycles. The van der Waals surface area contributed by atoms with Crippen molar-refractivity contribution in [3.05, 3.63) is 30.1 Å². The van der Waals surface area contributed by atoms with Crippen molar-refractivity contribution in [3.8, 4) is 0 Å². The monoisotopic (exact) mass is 343 g/mol. The van der Waals surface area contributed by atoms with Crippen molar-refractivity contribution < 1.29 is 14.4 Å². The molecule has 2 aliphatic rings. The Balaban J connectivity index is 1.83. The molecule has 1 saturated heterocycles. The van der Waals surface area contributed by atoms with Gasteiger partial charge in [0.15, 0.2) is 5.78 Å². The van der Waals surface area contributed by atoms with Crippen LogP contribution in [0.25, 0.3) is 0 Å². The van der Waals surface area contributed by atoms with E-state index in [2.05, 4.69) is 4.98 Å². The molecule has 1 aromatic heterocycles. The summed E-state index contributed by atoms with van der Waals surface area (Å²) in [4.78, 5) is 44.9. The average Bonchev–Trinajstić information content (AvgIpc) is 2.65. The minimum absolute atomic E-state index is 0.209. The Morgan fingerprint density at radius 2 is 2.00 bits per heavy atom. The third-order valence-corrected chi connectivity index (χ3v) is 5.65. The number of ketones is 1. The number of pyridine rings is 1. The Labute approximate surface area is 148 Å². The van der Waals surface area contributed by atoms with Crippen LogP contribution in [-0.2, 0) is 4.79 Å². The lowest BCUT2D eigenvalue weighted by Gasteiger charge is -2.47. The molecule has 6 nitrogen and oxygen atoms in total. The van der Waals surface area contributed by atoms with Crippen molar-refractivity contribution in [1.29, 1.82) is 0 Å². The largest absolute Gasteiger partial charge is 0.326 e. The van der Waals surface area contributed by atoms with E-state index < -0.39 is 11.4 Å². The lowest BCUT2D eigenvalue weighted by molar-refractivity contribution is -0.147. The van der Waals surface area contributed by atoms with E-state index in [1.54, 1.807) is 30.3 Å². The van der Waals surface area contributed by atoms with Gasteiger partial charge in [-0.25, -0.2) is 4.79 Å². The second-order valence-corrected chi connectivity index (χ2v) is 7.45. The Kier molecular flexibility index (Phi) is 4.88. The van der Waals surface area contributed by atoms with Gasteiger partial charge in [0.05, 0.1) is 12.0 Å². The lowest BCUT2D eigenvalue weighted by Crippen LogP contribution is -2.63. The second kappa shape index (κ2) is 6.94. The molecular weight excluding hydrogens is 318 g/mol. The average molecular weight is 343 g/mol. The maximum absolute atomic E-state index is 13.2. The first-order chi connectivity index (χ1) is 11.9. The zero-order chi connectivity index (χ0) is 18.0. The van der Waals surface area contributed by atoms with Gasteiger partial charge in [-0.1, -0.05) is 19.3 Å². The zero-order valence-corrected chi connectivity index (χ0v) is 14.9. The Bertz CT molecular complexity index is 670. The minimum Gasteiger partial charge on any atom is -0.326 e. The van der Waals surface area contributed by atoms with E-state index in [0.29, 0.717) is 12.1 Å². The predicted octanol–water partition coefficient (Wildman–Crippen LogP) is 2.74. The van der Waals surface area contributed by atoms with Gasteiger partial charge in [-0.15, -0.1) is 0 Å². The highest BCUT2D eigenvalue weighted by Gasteiger charge is 2.51. The van der Waals surface area contributed by atoms with Gasteiger partial charge in [0.2, 0.25) is 5.91 Å². The van der Waals surface area contributed by atoms with Crippen molar-refractivity contribution in [2.75, 3.05) is 20.1 Å². The predicted molar refractivity (Wildman–Crippen MR) is 93.0 cm³/mol. The molecular formula is C19H25N3O3. The summed E-state index contributed by atoms with van der Waals surface area (Å²) in [6.07, 6.45) is 8.52. The van der Waals surface area contributed by atoms with Crippen LogP contribution < -0.4 is 0 Å². The minimum atomic E-state index is -0.613. The third kappa shape index (κ3) is 3.30.